The third-order valence-electron chi connectivity index (χ3n) is 6.44. The number of methoxy groups -OCH3 is 6. The Bertz CT molecular complexity index is 1040. The highest BCUT2D eigenvalue weighted by molar-refractivity contribution is 5.75. The topological polar surface area (TPSA) is 111 Å². The van der Waals surface area contributed by atoms with Gasteiger partial charge in [0, 0.05) is 12.1 Å². The van der Waals surface area contributed by atoms with Crippen molar-refractivity contribution in [1.29, 1.82) is 0 Å². The fraction of sp³-hybridized carbons (Fsp3) is 0.517. The van der Waals surface area contributed by atoms with Gasteiger partial charge in [0.25, 0.3) is 6.47 Å². The minimum Gasteiger partial charge on any atom is -0.493 e. The first-order valence-corrected chi connectivity index (χ1v) is 12.9. The smallest absolute Gasteiger partial charge is 0.323 e. The van der Waals surface area contributed by atoms with Crippen LogP contribution in [0.5, 0.6) is 40.2 Å². The molecule has 0 amide bonds. The second kappa shape index (κ2) is 17.0. The number of aryl methyl sites for hydroxylation is 1. The summed E-state index contributed by atoms with van der Waals surface area (Å²) in [5.74, 6) is 3.42. The lowest BCUT2D eigenvalue weighted by molar-refractivity contribution is -0.150. The van der Waals surface area contributed by atoms with E-state index in [0.29, 0.717) is 53.3 Å². The zero-order chi connectivity index (χ0) is 29.5. The SMILES string of the molecule is COc1cc(CCCOC(=O)C2CCCCN2C)cc(OC)c1OC.COc1cc(OC=O)cc(OC)c1OC. The number of nitrogens with zero attached hydrogens (tertiary/aromatic N) is 1. The van der Waals surface area contributed by atoms with Crippen LogP contribution in [0, 0.1) is 0 Å². The monoisotopic (exact) mass is 563 g/mol. The molecule has 0 radical (unpaired) electrons. The van der Waals surface area contributed by atoms with E-state index in [1.165, 1.54) is 33.5 Å². The molecule has 40 heavy (non-hydrogen) atoms. The Morgan fingerprint density at radius 2 is 1.35 bits per heavy atom. The van der Waals surface area contributed by atoms with Gasteiger partial charge in [0.2, 0.25) is 11.5 Å². The number of piperidine rings is 1. The first-order chi connectivity index (χ1) is 19.4. The Morgan fingerprint density at radius 1 is 0.825 bits per heavy atom. The highest BCUT2D eigenvalue weighted by Crippen LogP contribution is 2.41. The normalized spacial score (nSPS) is 14.6. The molecule has 11 nitrogen and oxygen atoms in total. The molecule has 1 unspecified atom stereocenters. The number of carbonyl (C=O) groups excluding carboxylic acids is 2. The van der Waals surface area contributed by atoms with Crippen molar-refractivity contribution in [2.75, 3.05) is 62.9 Å². The Balaban J connectivity index is 0.000000319. The van der Waals surface area contributed by atoms with E-state index >= 15 is 0 Å². The maximum absolute atomic E-state index is 12.2. The molecular weight excluding hydrogens is 522 g/mol. The molecule has 0 bridgehead atoms. The van der Waals surface area contributed by atoms with Crippen LogP contribution in [0.3, 0.4) is 0 Å². The number of ether oxygens (including phenoxy) is 8. The first kappa shape index (κ1) is 32.4. The Kier molecular flexibility index (Phi) is 13.7. The second-order valence-electron chi connectivity index (χ2n) is 8.87. The van der Waals surface area contributed by atoms with Gasteiger partial charge in [-0.2, -0.15) is 0 Å². The lowest BCUT2D eigenvalue weighted by atomic mass is 10.0. The number of carbonyl (C=O) groups is 2. The van der Waals surface area contributed by atoms with Crippen LogP contribution < -0.4 is 33.2 Å². The number of hydrogen-bond acceptors (Lipinski definition) is 11. The van der Waals surface area contributed by atoms with Gasteiger partial charge in [-0.05, 0) is 57.0 Å². The summed E-state index contributed by atoms with van der Waals surface area (Å²) >= 11 is 0. The highest BCUT2D eigenvalue weighted by Gasteiger charge is 2.27. The van der Waals surface area contributed by atoms with Crippen LogP contribution in [0.4, 0.5) is 0 Å². The predicted molar refractivity (Wildman–Crippen MR) is 148 cm³/mol. The molecule has 1 fully saturated rings. The van der Waals surface area contributed by atoms with E-state index in [1.807, 2.05) is 19.2 Å². The van der Waals surface area contributed by atoms with E-state index in [4.69, 9.17) is 37.9 Å². The molecule has 0 saturated carbocycles. The molecule has 1 saturated heterocycles. The number of rotatable bonds is 13. The Hall–Kier alpha value is -3.86. The standard InChI is InChI=1S/C19H29NO5.C10H12O5/c1-20-10-6-5-9-15(20)19(21)25-11-7-8-14-12-16(22-2)18(24-4)17(13-14)23-3;1-12-8-4-7(15-6-11)5-9(13-2)10(8)14-3/h12-13,15H,5-11H2,1-4H3;4-6H,1-3H3. The fourth-order valence-electron chi connectivity index (χ4n) is 4.38. The summed E-state index contributed by atoms with van der Waals surface area (Å²) in [5.41, 5.74) is 1.06. The Morgan fingerprint density at radius 3 is 1.80 bits per heavy atom. The van der Waals surface area contributed by atoms with Gasteiger partial charge in [0.05, 0.1) is 49.3 Å². The summed E-state index contributed by atoms with van der Waals surface area (Å²) in [7, 11) is 11.3. The zero-order valence-corrected chi connectivity index (χ0v) is 24.4. The number of hydrogen-bond donors (Lipinski definition) is 0. The summed E-state index contributed by atoms with van der Waals surface area (Å²) in [6, 6.07) is 6.84. The van der Waals surface area contributed by atoms with Crippen LogP contribution >= 0.6 is 0 Å². The summed E-state index contributed by atoms with van der Waals surface area (Å²) in [6.45, 7) is 1.71. The van der Waals surface area contributed by atoms with Crippen LogP contribution in [0.25, 0.3) is 0 Å². The van der Waals surface area contributed by atoms with E-state index in [2.05, 4.69) is 4.90 Å². The average molecular weight is 564 g/mol. The van der Waals surface area contributed by atoms with E-state index in [9.17, 15) is 9.59 Å². The molecule has 0 aromatic heterocycles. The van der Waals surface area contributed by atoms with E-state index in [0.717, 1.165) is 44.2 Å². The van der Waals surface area contributed by atoms with Gasteiger partial charge < -0.3 is 37.9 Å². The van der Waals surface area contributed by atoms with Gasteiger partial charge >= 0.3 is 5.97 Å². The number of benzene rings is 2. The predicted octanol–water partition coefficient (Wildman–Crippen LogP) is 3.92. The largest absolute Gasteiger partial charge is 0.493 e. The Labute approximate surface area is 236 Å². The van der Waals surface area contributed by atoms with Crippen molar-refractivity contribution < 1.29 is 47.5 Å². The van der Waals surface area contributed by atoms with Crippen molar-refractivity contribution in [2.45, 2.75) is 38.1 Å². The minimum atomic E-state index is -0.105. The lowest BCUT2D eigenvalue weighted by Crippen LogP contribution is -2.43. The molecule has 11 heteroatoms. The van der Waals surface area contributed by atoms with Crippen LogP contribution in [0.1, 0.15) is 31.2 Å². The number of likely N-dealkylation sites (N-methyl/N-ethyl adjacent to an activating group) is 1. The molecule has 1 heterocycles. The average Bonchev–Trinajstić information content (AvgIpc) is 2.98. The van der Waals surface area contributed by atoms with Crippen molar-refractivity contribution >= 4 is 12.4 Å². The minimum absolute atomic E-state index is 0.0880. The van der Waals surface area contributed by atoms with Crippen molar-refractivity contribution in [2.24, 2.45) is 0 Å². The molecule has 2 aromatic rings. The summed E-state index contributed by atoms with van der Waals surface area (Å²) < 4.78 is 41.4. The molecule has 1 aliphatic rings. The molecule has 3 rings (SSSR count). The molecule has 0 N–H and O–H groups in total. The van der Waals surface area contributed by atoms with Crippen LogP contribution in [0.2, 0.25) is 0 Å². The quantitative estimate of drug-likeness (QED) is 0.201. The van der Waals surface area contributed by atoms with Crippen molar-refractivity contribution in [3.63, 3.8) is 0 Å². The summed E-state index contributed by atoms with van der Waals surface area (Å²) in [5, 5.41) is 0. The van der Waals surface area contributed by atoms with Crippen molar-refractivity contribution in [3.8, 4) is 40.2 Å². The van der Waals surface area contributed by atoms with Crippen LogP contribution in [-0.2, 0) is 20.7 Å². The molecular formula is C29H41NO10. The molecule has 0 spiro atoms. The maximum atomic E-state index is 12.2. The number of esters is 1. The van der Waals surface area contributed by atoms with E-state index in [1.54, 1.807) is 21.3 Å². The third-order valence-corrected chi connectivity index (χ3v) is 6.44. The maximum Gasteiger partial charge on any atom is 0.323 e. The van der Waals surface area contributed by atoms with Crippen LogP contribution in [0.15, 0.2) is 24.3 Å². The fourth-order valence-corrected chi connectivity index (χ4v) is 4.38. The van der Waals surface area contributed by atoms with Crippen LogP contribution in [-0.4, -0.2) is 86.2 Å². The molecule has 2 aromatic carbocycles. The highest BCUT2D eigenvalue weighted by atomic mass is 16.5. The second-order valence-corrected chi connectivity index (χ2v) is 8.87. The molecule has 0 aliphatic carbocycles. The van der Waals surface area contributed by atoms with E-state index < -0.39 is 0 Å². The summed E-state index contributed by atoms with van der Waals surface area (Å²) in [4.78, 5) is 24.5. The van der Waals surface area contributed by atoms with Gasteiger partial charge in [-0.3, -0.25) is 14.5 Å². The van der Waals surface area contributed by atoms with Crippen molar-refractivity contribution in [1.82, 2.24) is 4.90 Å². The molecule has 222 valence electrons. The third kappa shape index (κ3) is 8.84. The van der Waals surface area contributed by atoms with Gasteiger partial charge in [0.15, 0.2) is 23.0 Å². The van der Waals surface area contributed by atoms with E-state index in [-0.39, 0.29) is 12.0 Å². The summed E-state index contributed by atoms with van der Waals surface area (Å²) in [6.07, 6.45) is 4.66. The first-order valence-electron chi connectivity index (χ1n) is 12.9. The lowest BCUT2D eigenvalue weighted by Gasteiger charge is -2.30. The molecule has 1 atom stereocenters. The number of likely N-dealkylation sites (tertiary alicyclic amines) is 1. The van der Waals surface area contributed by atoms with Gasteiger partial charge in [-0.1, -0.05) is 6.42 Å². The van der Waals surface area contributed by atoms with Gasteiger partial charge in [0.1, 0.15) is 11.8 Å². The zero-order valence-electron chi connectivity index (χ0n) is 24.4. The van der Waals surface area contributed by atoms with Gasteiger partial charge in [-0.25, -0.2) is 0 Å². The van der Waals surface area contributed by atoms with Crippen molar-refractivity contribution in [3.05, 3.63) is 29.8 Å². The molecule has 1 aliphatic heterocycles. The van der Waals surface area contributed by atoms with Gasteiger partial charge in [-0.15, -0.1) is 0 Å².